The summed E-state index contributed by atoms with van der Waals surface area (Å²) in [6.07, 6.45) is 0. The number of nitrogens with zero attached hydrogens (tertiary/aromatic N) is 2. The van der Waals surface area contributed by atoms with E-state index in [0.29, 0.717) is 11.6 Å². The number of fused-ring (bicyclic) bond motifs is 2. The average molecular weight is 341 g/mol. The number of nitrogens with one attached hydrogen (secondary N) is 1. The fourth-order valence-corrected chi connectivity index (χ4v) is 2.87. The van der Waals surface area contributed by atoms with E-state index in [4.69, 9.17) is 4.74 Å². The molecule has 1 heterocycles. The molecule has 0 saturated heterocycles. The summed E-state index contributed by atoms with van der Waals surface area (Å²) in [5.74, 6) is 0.809. The van der Waals surface area contributed by atoms with E-state index in [0.717, 1.165) is 21.8 Å². The number of aromatic amines is 1. The zero-order valence-corrected chi connectivity index (χ0v) is 13.8. The topological polar surface area (TPSA) is 81.9 Å². The first kappa shape index (κ1) is 15.7. The van der Waals surface area contributed by atoms with Gasteiger partial charge in [-0.05, 0) is 23.6 Å². The van der Waals surface area contributed by atoms with Gasteiger partial charge < -0.3 is 14.8 Å². The zero-order chi connectivity index (χ0) is 17.9. The molecule has 1 aromatic heterocycles. The lowest BCUT2D eigenvalue weighted by Gasteiger charge is -2.09. The minimum absolute atomic E-state index is 0.0708. The van der Waals surface area contributed by atoms with E-state index in [1.54, 1.807) is 0 Å². The fraction of sp³-hybridized carbons (Fsp3) is 0.0476. The number of hydrogen-bond acceptors (Lipinski definition) is 4. The molecule has 0 amide bonds. The number of para-hydroxylation sites is 2. The average Bonchev–Trinajstić information content (AvgIpc) is 3.10. The van der Waals surface area contributed by atoms with E-state index in [-0.39, 0.29) is 17.9 Å². The van der Waals surface area contributed by atoms with Crippen molar-refractivity contribution in [3.63, 3.8) is 0 Å². The van der Waals surface area contributed by atoms with Crippen molar-refractivity contribution >= 4 is 27.4 Å². The van der Waals surface area contributed by atoms with E-state index >= 15 is 0 Å². The van der Waals surface area contributed by atoms with Gasteiger partial charge in [0.05, 0.1) is 11.0 Å². The molecule has 0 bridgehead atoms. The second-order valence-electron chi connectivity index (χ2n) is 5.80. The molecule has 126 valence electrons. The normalized spacial score (nSPS) is 12.0. The van der Waals surface area contributed by atoms with Crippen LogP contribution in [0.25, 0.3) is 27.4 Å². The van der Waals surface area contributed by atoms with Gasteiger partial charge in [-0.1, -0.05) is 48.5 Å². The predicted molar refractivity (Wildman–Crippen MR) is 101 cm³/mol. The van der Waals surface area contributed by atoms with Crippen LogP contribution >= 0.6 is 0 Å². The monoisotopic (exact) mass is 341 g/mol. The third-order valence-electron chi connectivity index (χ3n) is 4.14. The Morgan fingerprint density at radius 3 is 2.65 bits per heavy atom. The highest BCUT2D eigenvalue weighted by Crippen LogP contribution is 2.26. The van der Waals surface area contributed by atoms with E-state index < -0.39 is 0 Å². The Balaban J connectivity index is 1.64. The molecule has 0 unspecified atom stereocenters. The molecular weight excluding hydrogens is 326 g/mol. The van der Waals surface area contributed by atoms with E-state index in [1.165, 1.54) is 0 Å². The summed E-state index contributed by atoms with van der Waals surface area (Å²) in [4.78, 5) is 7.41. The molecule has 26 heavy (non-hydrogen) atoms. The molecule has 0 aliphatic heterocycles. The number of nitriles is 1. The maximum Gasteiger partial charge on any atom is 0.152 e. The standard InChI is InChI=1S/C21H15N3O2/c22-12-16(21-23-17-9-3-4-10-18(17)24-21)19(25)13-26-20-11-5-7-14-6-1-2-8-15(14)20/h1-11,25H,13H2,(H,23,24). The Morgan fingerprint density at radius 1 is 1.04 bits per heavy atom. The van der Waals surface area contributed by atoms with Crippen LogP contribution in [-0.4, -0.2) is 21.7 Å². The molecule has 0 atom stereocenters. The maximum absolute atomic E-state index is 10.4. The van der Waals surface area contributed by atoms with Gasteiger partial charge >= 0.3 is 0 Å². The summed E-state index contributed by atoms with van der Waals surface area (Å²) in [5, 5.41) is 21.9. The van der Waals surface area contributed by atoms with Crippen molar-refractivity contribution in [1.29, 1.82) is 5.26 Å². The summed E-state index contributed by atoms with van der Waals surface area (Å²) in [6, 6.07) is 23.0. The molecule has 0 spiro atoms. The van der Waals surface area contributed by atoms with Crippen LogP contribution in [0.4, 0.5) is 0 Å². The molecule has 2 N–H and O–H groups in total. The van der Waals surface area contributed by atoms with Crippen LogP contribution in [0.2, 0.25) is 0 Å². The van der Waals surface area contributed by atoms with E-state index in [1.807, 2.05) is 72.8 Å². The first-order chi connectivity index (χ1) is 12.8. The van der Waals surface area contributed by atoms with E-state index in [9.17, 15) is 10.4 Å². The van der Waals surface area contributed by atoms with Crippen molar-refractivity contribution < 1.29 is 9.84 Å². The molecule has 0 aliphatic carbocycles. The lowest BCUT2D eigenvalue weighted by atomic mass is 10.1. The molecule has 0 radical (unpaired) electrons. The largest absolute Gasteiger partial charge is 0.507 e. The summed E-state index contributed by atoms with van der Waals surface area (Å²) in [5.41, 5.74) is 1.61. The lowest BCUT2D eigenvalue weighted by Crippen LogP contribution is -2.04. The Kier molecular flexibility index (Phi) is 4.00. The maximum atomic E-state index is 10.4. The van der Waals surface area contributed by atoms with Crippen LogP contribution in [0.15, 0.2) is 72.5 Å². The molecule has 5 heteroatoms. The Bertz CT molecular complexity index is 1130. The van der Waals surface area contributed by atoms with E-state index in [2.05, 4.69) is 9.97 Å². The Hall–Kier alpha value is -3.78. The van der Waals surface area contributed by atoms with Crippen molar-refractivity contribution in [2.75, 3.05) is 6.61 Å². The van der Waals surface area contributed by atoms with Crippen LogP contribution in [0, 0.1) is 11.3 Å². The number of H-pyrrole nitrogens is 1. The minimum atomic E-state index is -0.167. The van der Waals surface area contributed by atoms with Gasteiger partial charge in [0, 0.05) is 5.39 Å². The highest BCUT2D eigenvalue weighted by Gasteiger charge is 2.14. The number of ether oxygens (including phenoxy) is 1. The molecule has 0 aliphatic rings. The first-order valence-corrected chi connectivity index (χ1v) is 8.14. The number of allylic oxidation sites excluding steroid dienone is 1. The SMILES string of the molecule is N#CC(=C(O)COc1cccc2ccccc12)c1nc2ccccc2[nH]1. The third kappa shape index (κ3) is 2.85. The molecule has 3 aromatic carbocycles. The van der Waals surface area contributed by atoms with Crippen LogP contribution < -0.4 is 4.74 Å². The number of aliphatic hydroxyl groups is 1. The van der Waals surface area contributed by atoms with Crippen molar-refractivity contribution in [1.82, 2.24) is 9.97 Å². The van der Waals surface area contributed by atoms with Crippen LogP contribution in [0.3, 0.4) is 0 Å². The molecule has 0 fully saturated rings. The van der Waals surface area contributed by atoms with Gasteiger partial charge in [-0.25, -0.2) is 4.98 Å². The van der Waals surface area contributed by atoms with Gasteiger partial charge in [0.25, 0.3) is 0 Å². The number of rotatable bonds is 4. The van der Waals surface area contributed by atoms with Gasteiger partial charge in [-0.2, -0.15) is 5.26 Å². The van der Waals surface area contributed by atoms with Crippen molar-refractivity contribution in [3.8, 4) is 11.8 Å². The van der Waals surface area contributed by atoms with Gasteiger partial charge in [0.1, 0.15) is 24.0 Å². The van der Waals surface area contributed by atoms with Crippen molar-refractivity contribution in [3.05, 3.63) is 78.3 Å². The number of aromatic nitrogens is 2. The van der Waals surface area contributed by atoms with Gasteiger partial charge in [0.15, 0.2) is 11.6 Å². The molecule has 4 aromatic rings. The Labute approximate surface area is 149 Å². The molecule has 0 saturated carbocycles. The van der Waals surface area contributed by atoms with Crippen LogP contribution in [0.1, 0.15) is 5.82 Å². The quantitative estimate of drug-likeness (QED) is 0.420. The zero-order valence-electron chi connectivity index (χ0n) is 13.8. The minimum Gasteiger partial charge on any atom is -0.507 e. The second kappa shape index (κ2) is 6.61. The highest BCUT2D eigenvalue weighted by atomic mass is 16.5. The number of benzene rings is 3. The molecule has 4 rings (SSSR count). The molecule has 5 nitrogen and oxygen atoms in total. The highest BCUT2D eigenvalue weighted by molar-refractivity contribution is 5.88. The van der Waals surface area contributed by atoms with Crippen LogP contribution in [-0.2, 0) is 0 Å². The second-order valence-corrected chi connectivity index (χ2v) is 5.80. The summed E-state index contributed by atoms with van der Waals surface area (Å²) in [7, 11) is 0. The summed E-state index contributed by atoms with van der Waals surface area (Å²) >= 11 is 0. The summed E-state index contributed by atoms with van der Waals surface area (Å²) in [6.45, 7) is -0.117. The predicted octanol–water partition coefficient (Wildman–Crippen LogP) is 4.59. The van der Waals surface area contributed by atoms with Crippen molar-refractivity contribution in [2.45, 2.75) is 0 Å². The van der Waals surface area contributed by atoms with Gasteiger partial charge in [-0.3, -0.25) is 0 Å². The smallest absolute Gasteiger partial charge is 0.152 e. The van der Waals surface area contributed by atoms with Gasteiger partial charge in [0.2, 0.25) is 0 Å². The summed E-state index contributed by atoms with van der Waals surface area (Å²) < 4.78 is 5.76. The Morgan fingerprint density at radius 2 is 1.81 bits per heavy atom. The number of aliphatic hydroxyl groups excluding tert-OH is 1. The number of hydrogen-bond donors (Lipinski definition) is 2. The number of imidazole rings is 1. The molecular formula is C21H15N3O2. The van der Waals surface area contributed by atoms with Crippen molar-refractivity contribution in [2.24, 2.45) is 0 Å². The van der Waals surface area contributed by atoms with Gasteiger partial charge in [-0.15, -0.1) is 0 Å². The first-order valence-electron chi connectivity index (χ1n) is 8.14. The lowest BCUT2D eigenvalue weighted by molar-refractivity contribution is 0.275. The third-order valence-corrected chi connectivity index (χ3v) is 4.14. The fourth-order valence-electron chi connectivity index (χ4n) is 2.87. The van der Waals surface area contributed by atoms with Crippen LogP contribution in [0.5, 0.6) is 5.75 Å².